The molecule has 0 amide bonds. The zero-order valence-corrected chi connectivity index (χ0v) is 13.5. The molecule has 0 aliphatic heterocycles. The summed E-state index contributed by atoms with van der Waals surface area (Å²) in [6.45, 7) is 1.29. The largest absolute Gasteiger partial charge is 0.468 e. The van der Waals surface area contributed by atoms with Crippen LogP contribution in [-0.2, 0) is 20.5 Å². The summed E-state index contributed by atoms with van der Waals surface area (Å²) >= 11 is 0. The van der Waals surface area contributed by atoms with Gasteiger partial charge in [-0.2, -0.15) is 13.2 Å². The van der Waals surface area contributed by atoms with Gasteiger partial charge in [0.25, 0.3) is 0 Å². The van der Waals surface area contributed by atoms with Crippen LogP contribution in [0.1, 0.15) is 24.0 Å². The highest BCUT2D eigenvalue weighted by Gasteiger charge is 2.30. The van der Waals surface area contributed by atoms with Crippen LogP contribution in [-0.4, -0.2) is 18.9 Å². The van der Waals surface area contributed by atoms with E-state index < -0.39 is 23.6 Å². The van der Waals surface area contributed by atoms with Gasteiger partial charge in [-0.05, 0) is 48.9 Å². The second-order valence-corrected chi connectivity index (χ2v) is 5.26. The second-order valence-electron chi connectivity index (χ2n) is 5.26. The maximum atomic E-state index is 12.5. The molecule has 0 fully saturated rings. The Labute approximate surface area is 142 Å². The molecule has 0 radical (unpaired) electrons. The van der Waals surface area contributed by atoms with Crippen LogP contribution in [0.2, 0.25) is 0 Å². The molecule has 1 atom stereocenters. The van der Waals surface area contributed by atoms with Crippen LogP contribution in [0.4, 0.5) is 13.2 Å². The van der Waals surface area contributed by atoms with E-state index in [1.807, 2.05) is 0 Å². The van der Waals surface area contributed by atoms with E-state index in [9.17, 15) is 22.8 Å². The van der Waals surface area contributed by atoms with Crippen molar-refractivity contribution in [3.05, 3.63) is 59.7 Å². The smallest absolute Gasteiger partial charge is 0.416 e. The maximum Gasteiger partial charge on any atom is 0.416 e. The van der Waals surface area contributed by atoms with Crippen molar-refractivity contribution >= 4 is 11.8 Å². The Bertz CT molecular complexity index is 749. The molecule has 0 bridgehead atoms. The predicted octanol–water partition coefficient (Wildman–Crippen LogP) is 4.34. The molecule has 7 heteroatoms. The van der Waals surface area contributed by atoms with Gasteiger partial charge in [-0.25, -0.2) is 0 Å². The van der Waals surface area contributed by atoms with Crippen LogP contribution < -0.4 is 4.74 Å². The first-order valence-corrected chi connectivity index (χ1v) is 7.25. The highest BCUT2D eigenvalue weighted by Crippen LogP contribution is 2.31. The normalized spacial score (nSPS) is 12.4. The lowest BCUT2D eigenvalue weighted by Crippen LogP contribution is -2.21. The van der Waals surface area contributed by atoms with Crippen molar-refractivity contribution in [3.63, 3.8) is 0 Å². The molecule has 0 aromatic heterocycles. The summed E-state index contributed by atoms with van der Waals surface area (Å²) in [4.78, 5) is 23.3. The number of ketones is 1. The summed E-state index contributed by atoms with van der Waals surface area (Å²) < 4.78 is 47.6. The molecule has 25 heavy (non-hydrogen) atoms. The minimum absolute atomic E-state index is 0.233. The molecule has 132 valence electrons. The van der Waals surface area contributed by atoms with Crippen LogP contribution in [0.15, 0.2) is 48.5 Å². The molecule has 2 aromatic rings. The number of carbonyl (C=O) groups is 2. The lowest BCUT2D eigenvalue weighted by Gasteiger charge is -2.13. The average Bonchev–Trinajstić information content (AvgIpc) is 2.56. The molecule has 0 spiro atoms. The van der Waals surface area contributed by atoms with Crippen LogP contribution in [0.3, 0.4) is 0 Å². The number of hydrogen-bond acceptors (Lipinski definition) is 4. The minimum Gasteiger partial charge on any atom is -0.468 e. The second kappa shape index (κ2) is 7.38. The Morgan fingerprint density at radius 2 is 1.40 bits per heavy atom. The Balaban J connectivity index is 2.15. The molecule has 0 saturated carbocycles. The van der Waals surface area contributed by atoms with Gasteiger partial charge in [-0.3, -0.25) is 9.59 Å². The highest BCUT2D eigenvalue weighted by molar-refractivity contribution is 6.03. The number of rotatable bonds is 5. The van der Waals surface area contributed by atoms with Gasteiger partial charge in [-0.15, -0.1) is 0 Å². The fourth-order valence-corrected chi connectivity index (χ4v) is 2.23. The quantitative estimate of drug-likeness (QED) is 0.593. The predicted molar refractivity (Wildman–Crippen MR) is 83.4 cm³/mol. The summed E-state index contributed by atoms with van der Waals surface area (Å²) in [5, 5.41) is 0. The monoisotopic (exact) mass is 352 g/mol. The van der Waals surface area contributed by atoms with Gasteiger partial charge in [0, 0.05) is 0 Å². The van der Waals surface area contributed by atoms with Gasteiger partial charge in [0.1, 0.15) is 23.2 Å². The van der Waals surface area contributed by atoms with Crippen molar-refractivity contribution in [2.45, 2.75) is 19.0 Å². The van der Waals surface area contributed by atoms with E-state index in [1.54, 1.807) is 0 Å². The summed E-state index contributed by atoms with van der Waals surface area (Å²) in [7, 11) is 1.19. The van der Waals surface area contributed by atoms with E-state index >= 15 is 0 Å². The fraction of sp³-hybridized carbons (Fsp3) is 0.222. The van der Waals surface area contributed by atoms with Gasteiger partial charge in [0.05, 0.1) is 12.7 Å². The first-order chi connectivity index (χ1) is 11.7. The number of carbonyl (C=O) groups excluding carboxylic acids is 2. The van der Waals surface area contributed by atoms with Gasteiger partial charge in [0.2, 0.25) is 0 Å². The topological polar surface area (TPSA) is 52.6 Å². The molecule has 0 aliphatic rings. The van der Waals surface area contributed by atoms with E-state index in [-0.39, 0.29) is 11.5 Å². The van der Waals surface area contributed by atoms with Crippen LogP contribution in [0, 0.1) is 0 Å². The summed E-state index contributed by atoms with van der Waals surface area (Å²) in [6, 6.07) is 10.4. The van der Waals surface area contributed by atoms with Crippen LogP contribution >= 0.6 is 0 Å². The molecule has 2 rings (SSSR count). The van der Waals surface area contributed by atoms with Crippen molar-refractivity contribution < 1.29 is 32.2 Å². The molecule has 1 unspecified atom stereocenters. The lowest BCUT2D eigenvalue weighted by molar-refractivity contribution is -0.145. The number of alkyl halides is 3. The number of ether oxygens (including phenoxy) is 2. The van der Waals surface area contributed by atoms with E-state index in [0.29, 0.717) is 11.3 Å². The summed E-state index contributed by atoms with van der Waals surface area (Å²) in [6.07, 6.45) is -4.41. The van der Waals surface area contributed by atoms with Crippen molar-refractivity contribution in [3.8, 4) is 11.5 Å². The third kappa shape index (κ3) is 4.59. The fourth-order valence-electron chi connectivity index (χ4n) is 2.23. The summed E-state index contributed by atoms with van der Waals surface area (Å²) in [5.41, 5.74) is -0.323. The van der Waals surface area contributed by atoms with Crippen molar-refractivity contribution in [2.24, 2.45) is 0 Å². The zero-order valence-electron chi connectivity index (χ0n) is 13.5. The molecule has 0 saturated heterocycles. The molecule has 4 nitrogen and oxygen atoms in total. The Hall–Kier alpha value is -2.83. The molecule has 0 aliphatic carbocycles. The van der Waals surface area contributed by atoms with Crippen LogP contribution in [0.25, 0.3) is 0 Å². The maximum absolute atomic E-state index is 12.5. The number of esters is 1. The van der Waals surface area contributed by atoms with E-state index in [1.165, 1.54) is 50.4 Å². The number of halogens is 3. The molecular weight excluding hydrogens is 337 g/mol. The highest BCUT2D eigenvalue weighted by atomic mass is 19.4. The van der Waals surface area contributed by atoms with E-state index in [0.717, 1.165) is 12.1 Å². The van der Waals surface area contributed by atoms with Gasteiger partial charge >= 0.3 is 12.1 Å². The average molecular weight is 352 g/mol. The van der Waals surface area contributed by atoms with Crippen molar-refractivity contribution in [1.82, 2.24) is 0 Å². The van der Waals surface area contributed by atoms with E-state index in [4.69, 9.17) is 4.74 Å². The standard InChI is InChI=1S/C18H15F3O4/c1-11(22)16(17(23)24-2)12-3-7-14(8-4-12)25-15-9-5-13(6-10-15)18(19,20)21/h3-10,16H,1-2H3. The third-order valence-electron chi connectivity index (χ3n) is 3.47. The van der Waals surface area contributed by atoms with Gasteiger partial charge < -0.3 is 9.47 Å². The van der Waals surface area contributed by atoms with E-state index in [2.05, 4.69) is 4.74 Å². The number of hydrogen-bond donors (Lipinski definition) is 0. The Morgan fingerprint density at radius 3 is 1.80 bits per heavy atom. The summed E-state index contributed by atoms with van der Waals surface area (Å²) in [5.74, 6) is -1.45. The van der Waals surface area contributed by atoms with Crippen molar-refractivity contribution in [1.29, 1.82) is 0 Å². The number of methoxy groups -OCH3 is 1. The Kier molecular flexibility index (Phi) is 5.46. The van der Waals surface area contributed by atoms with Gasteiger partial charge in [0.15, 0.2) is 0 Å². The first kappa shape index (κ1) is 18.5. The lowest BCUT2D eigenvalue weighted by atomic mass is 9.95. The Morgan fingerprint density at radius 1 is 0.920 bits per heavy atom. The SMILES string of the molecule is COC(=O)C(C(C)=O)c1ccc(Oc2ccc(C(F)(F)F)cc2)cc1. The zero-order chi connectivity index (χ0) is 18.6. The first-order valence-electron chi connectivity index (χ1n) is 7.25. The number of Topliss-reactive ketones (excluding diaryl/α,β-unsaturated/α-hetero) is 1. The molecular formula is C18H15F3O4. The van der Waals surface area contributed by atoms with Crippen molar-refractivity contribution in [2.75, 3.05) is 7.11 Å². The molecule has 0 N–H and O–H groups in total. The minimum atomic E-state index is -4.41. The van der Waals surface area contributed by atoms with Crippen LogP contribution in [0.5, 0.6) is 11.5 Å². The molecule has 2 aromatic carbocycles. The van der Waals surface area contributed by atoms with Gasteiger partial charge in [-0.1, -0.05) is 12.1 Å². The third-order valence-corrected chi connectivity index (χ3v) is 3.47. The molecule has 0 heterocycles. The number of benzene rings is 2.